The zero-order valence-electron chi connectivity index (χ0n) is 6.91. The Morgan fingerprint density at radius 1 is 1.38 bits per heavy atom. The van der Waals surface area contributed by atoms with Gasteiger partial charge in [-0.05, 0) is 17.5 Å². The fourth-order valence-electron chi connectivity index (χ4n) is 1.19. The molecule has 0 spiro atoms. The maximum absolute atomic E-state index is 10.0. The third-order valence-electron chi connectivity index (χ3n) is 1.76. The molecule has 1 aromatic carbocycles. The predicted octanol–water partition coefficient (Wildman–Crippen LogP) is 2.42. The molecule has 0 atom stereocenters. The Morgan fingerprint density at radius 2 is 2.23 bits per heavy atom. The van der Waals surface area contributed by atoms with E-state index in [1.54, 1.807) is 17.6 Å². The summed E-state index contributed by atoms with van der Waals surface area (Å²) in [4.78, 5) is 10.0. The van der Waals surface area contributed by atoms with E-state index in [1.807, 2.05) is 18.2 Å². The molecule has 0 saturated carbocycles. The molecule has 0 unspecified atom stereocenters. The Hall–Kier alpha value is -1.35. The zero-order chi connectivity index (χ0) is 9.10. The van der Waals surface area contributed by atoms with Crippen LogP contribution < -0.4 is 5.32 Å². The minimum atomic E-state index is 0.257. The van der Waals surface area contributed by atoms with Crippen LogP contribution >= 0.6 is 11.3 Å². The van der Waals surface area contributed by atoms with E-state index in [9.17, 15) is 4.79 Å². The van der Waals surface area contributed by atoms with E-state index in [4.69, 9.17) is 0 Å². The molecule has 0 saturated heterocycles. The molecule has 1 aromatic heterocycles. The number of carbonyl (C=O) groups excluding carboxylic acids is 1. The van der Waals surface area contributed by atoms with Crippen molar-refractivity contribution in [3.05, 3.63) is 30.3 Å². The molecule has 1 N–H and O–H groups in total. The van der Waals surface area contributed by atoms with E-state index in [2.05, 4.69) is 17.4 Å². The van der Waals surface area contributed by atoms with Gasteiger partial charge in [-0.3, -0.25) is 4.79 Å². The molecular weight excluding hydrogens is 182 g/mol. The average molecular weight is 190 g/mol. The first kappa shape index (κ1) is 8.26. The second-order valence-electron chi connectivity index (χ2n) is 2.65. The maximum atomic E-state index is 10.0. The molecule has 1 radical (unpaired) electrons. The van der Waals surface area contributed by atoms with Gasteiger partial charge in [0, 0.05) is 4.70 Å². The molecule has 1 heterocycles. The number of nitrogens with one attached hydrogen (secondary N) is 1. The van der Waals surface area contributed by atoms with Crippen LogP contribution in [0.1, 0.15) is 0 Å². The van der Waals surface area contributed by atoms with Crippen LogP contribution in [0, 0.1) is 0 Å². The Morgan fingerprint density at radius 3 is 3.00 bits per heavy atom. The molecule has 0 aliphatic heterocycles. The zero-order valence-corrected chi connectivity index (χ0v) is 7.73. The van der Waals surface area contributed by atoms with E-state index in [0.717, 1.165) is 5.00 Å². The highest BCUT2D eigenvalue weighted by molar-refractivity contribution is 7.22. The molecule has 2 rings (SSSR count). The third kappa shape index (κ3) is 1.70. The second-order valence-corrected chi connectivity index (χ2v) is 3.73. The summed E-state index contributed by atoms with van der Waals surface area (Å²) < 4.78 is 1.23. The number of hydrogen-bond donors (Lipinski definition) is 1. The molecular formula is C10H8NOS. The van der Waals surface area contributed by atoms with Gasteiger partial charge >= 0.3 is 0 Å². The Kier molecular flexibility index (Phi) is 2.27. The Balaban J connectivity index is 2.32. The van der Waals surface area contributed by atoms with Gasteiger partial charge < -0.3 is 5.32 Å². The maximum Gasteiger partial charge on any atom is 0.219 e. The highest BCUT2D eigenvalue weighted by Crippen LogP contribution is 2.28. The number of thiophene rings is 1. The topological polar surface area (TPSA) is 29.1 Å². The molecule has 3 heteroatoms. The fourth-order valence-corrected chi connectivity index (χ4v) is 2.15. The lowest BCUT2D eigenvalue weighted by Crippen LogP contribution is -1.99. The molecule has 0 amide bonds. The van der Waals surface area contributed by atoms with Gasteiger partial charge in [-0.15, -0.1) is 11.3 Å². The van der Waals surface area contributed by atoms with Gasteiger partial charge in [-0.2, -0.15) is 0 Å². The van der Waals surface area contributed by atoms with Crippen molar-refractivity contribution in [2.45, 2.75) is 0 Å². The van der Waals surface area contributed by atoms with Crippen LogP contribution in [0.15, 0.2) is 30.3 Å². The lowest BCUT2D eigenvalue weighted by Gasteiger charge is -1.92. The first-order chi connectivity index (χ1) is 6.40. The summed E-state index contributed by atoms with van der Waals surface area (Å²) >= 11 is 1.65. The van der Waals surface area contributed by atoms with Crippen LogP contribution in [-0.2, 0) is 4.79 Å². The molecule has 65 valence electrons. The minimum absolute atomic E-state index is 0.257. The van der Waals surface area contributed by atoms with Gasteiger partial charge in [0.25, 0.3) is 0 Å². The van der Waals surface area contributed by atoms with Crippen molar-refractivity contribution in [1.29, 1.82) is 0 Å². The Bertz CT molecular complexity index is 389. The first-order valence-corrected chi connectivity index (χ1v) is 4.79. The summed E-state index contributed by atoms with van der Waals surface area (Å²) in [7, 11) is 0. The molecule has 13 heavy (non-hydrogen) atoms. The smallest absolute Gasteiger partial charge is 0.219 e. The number of anilines is 1. The largest absolute Gasteiger partial charge is 0.369 e. The minimum Gasteiger partial charge on any atom is -0.369 e. The highest BCUT2D eigenvalue weighted by Gasteiger charge is 1.98. The third-order valence-corrected chi connectivity index (χ3v) is 2.83. The average Bonchev–Trinajstić information content (AvgIpc) is 2.57. The summed E-state index contributed by atoms with van der Waals surface area (Å²) in [5, 5.41) is 5.21. The van der Waals surface area contributed by atoms with Gasteiger partial charge in [0.05, 0.1) is 11.5 Å². The van der Waals surface area contributed by atoms with Crippen LogP contribution in [0.4, 0.5) is 5.00 Å². The molecule has 0 bridgehead atoms. The Labute approximate surface area is 80.2 Å². The van der Waals surface area contributed by atoms with E-state index in [-0.39, 0.29) is 6.54 Å². The number of hydrogen-bond acceptors (Lipinski definition) is 3. The van der Waals surface area contributed by atoms with Crippen molar-refractivity contribution in [1.82, 2.24) is 0 Å². The van der Waals surface area contributed by atoms with Crippen molar-refractivity contribution in [2.75, 3.05) is 11.9 Å². The van der Waals surface area contributed by atoms with Crippen molar-refractivity contribution < 1.29 is 4.79 Å². The van der Waals surface area contributed by atoms with Gasteiger partial charge in [0.2, 0.25) is 6.29 Å². The predicted molar refractivity (Wildman–Crippen MR) is 56.0 cm³/mol. The lowest BCUT2D eigenvalue weighted by molar-refractivity contribution is 0.557. The van der Waals surface area contributed by atoms with Gasteiger partial charge in [-0.25, -0.2) is 0 Å². The monoisotopic (exact) mass is 190 g/mol. The van der Waals surface area contributed by atoms with Crippen molar-refractivity contribution >= 4 is 32.7 Å². The van der Waals surface area contributed by atoms with E-state index in [1.165, 1.54) is 10.1 Å². The van der Waals surface area contributed by atoms with Crippen LogP contribution in [0.2, 0.25) is 0 Å². The van der Waals surface area contributed by atoms with Crippen molar-refractivity contribution in [3.8, 4) is 0 Å². The van der Waals surface area contributed by atoms with Crippen molar-refractivity contribution in [2.24, 2.45) is 0 Å². The van der Waals surface area contributed by atoms with Crippen LogP contribution in [0.3, 0.4) is 0 Å². The molecule has 2 aromatic rings. The normalized spacial score (nSPS) is 10.2. The SMILES string of the molecule is O=[C]CNc1cc2ccccc2s1. The summed E-state index contributed by atoms with van der Waals surface area (Å²) in [6.07, 6.45) is 1.81. The summed E-state index contributed by atoms with van der Waals surface area (Å²) in [6, 6.07) is 10.2. The molecule has 0 aliphatic rings. The van der Waals surface area contributed by atoms with E-state index >= 15 is 0 Å². The van der Waals surface area contributed by atoms with E-state index < -0.39 is 0 Å². The molecule has 0 fully saturated rings. The number of rotatable bonds is 3. The number of benzene rings is 1. The summed E-state index contributed by atoms with van der Waals surface area (Å²) in [5.74, 6) is 0. The van der Waals surface area contributed by atoms with E-state index in [0.29, 0.717) is 0 Å². The van der Waals surface area contributed by atoms with Crippen LogP contribution in [0.5, 0.6) is 0 Å². The van der Waals surface area contributed by atoms with Crippen LogP contribution in [-0.4, -0.2) is 12.8 Å². The standard InChI is InChI=1S/C10H8NOS/c12-6-5-11-10-7-8-3-1-2-4-9(8)13-10/h1-4,7,11H,5H2. The molecule has 0 aliphatic carbocycles. The summed E-state index contributed by atoms with van der Waals surface area (Å²) in [5.41, 5.74) is 0. The second kappa shape index (κ2) is 3.58. The quantitative estimate of drug-likeness (QED) is 0.805. The summed E-state index contributed by atoms with van der Waals surface area (Å²) in [6.45, 7) is 0.257. The molecule has 2 nitrogen and oxygen atoms in total. The fraction of sp³-hybridized carbons (Fsp3) is 0.100. The van der Waals surface area contributed by atoms with Crippen molar-refractivity contribution in [3.63, 3.8) is 0 Å². The van der Waals surface area contributed by atoms with Crippen LogP contribution in [0.25, 0.3) is 10.1 Å². The highest BCUT2D eigenvalue weighted by atomic mass is 32.1. The van der Waals surface area contributed by atoms with Gasteiger partial charge in [0.15, 0.2) is 0 Å². The number of fused-ring (bicyclic) bond motifs is 1. The van der Waals surface area contributed by atoms with Gasteiger partial charge in [0.1, 0.15) is 0 Å². The lowest BCUT2D eigenvalue weighted by atomic mass is 10.3. The first-order valence-electron chi connectivity index (χ1n) is 3.97. The van der Waals surface area contributed by atoms with Gasteiger partial charge in [-0.1, -0.05) is 18.2 Å².